The van der Waals surface area contributed by atoms with Crippen molar-refractivity contribution in [1.29, 1.82) is 0 Å². The van der Waals surface area contributed by atoms with E-state index in [1.54, 1.807) is 19.1 Å². The Balaban J connectivity index is 2.93. The van der Waals surface area contributed by atoms with Gasteiger partial charge in [0.05, 0.1) is 5.56 Å². The van der Waals surface area contributed by atoms with E-state index in [1.807, 2.05) is 0 Å². The highest BCUT2D eigenvalue weighted by atomic mass is 16.4. The minimum atomic E-state index is -0.953. The maximum Gasteiger partial charge on any atom is 0.335 e. The molecule has 13 heavy (non-hydrogen) atoms. The SMILES string of the molecule is CC(C=O)c1ccc(C(=O)O)cc1. The molecule has 1 aromatic carbocycles. The normalized spacial score (nSPS) is 12.1. The number of carbonyl (C=O) groups excluding carboxylic acids is 1. The largest absolute Gasteiger partial charge is 0.478 e. The number of aldehydes is 1. The van der Waals surface area contributed by atoms with Gasteiger partial charge in [0, 0.05) is 5.92 Å². The lowest BCUT2D eigenvalue weighted by Gasteiger charge is -2.03. The maximum atomic E-state index is 10.5. The number of benzene rings is 1. The van der Waals surface area contributed by atoms with Gasteiger partial charge in [0.15, 0.2) is 0 Å². The molecule has 1 N–H and O–H groups in total. The van der Waals surface area contributed by atoms with Crippen molar-refractivity contribution in [3.8, 4) is 0 Å². The molecule has 3 heteroatoms. The van der Waals surface area contributed by atoms with Crippen LogP contribution in [0.3, 0.4) is 0 Å². The van der Waals surface area contributed by atoms with E-state index in [9.17, 15) is 9.59 Å². The molecule has 0 aromatic heterocycles. The Morgan fingerprint density at radius 1 is 1.38 bits per heavy atom. The number of carboxylic acid groups (broad SMARTS) is 1. The molecule has 0 radical (unpaired) electrons. The van der Waals surface area contributed by atoms with E-state index >= 15 is 0 Å². The van der Waals surface area contributed by atoms with Crippen molar-refractivity contribution < 1.29 is 14.7 Å². The quantitative estimate of drug-likeness (QED) is 0.716. The van der Waals surface area contributed by atoms with Gasteiger partial charge in [0.25, 0.3) is 0 Å². The highest BCUT2D eigenvalue weighted by molar-refractivity contribution is 5.87. The average molecular weight is 178 g/mol. The van der Waals surface area contributed by atoms with Gasteiger partial charge in [0.1, 0.15) is 6.29 Å². The Morgan fingerprint density at radius 3 is 2.31 bits per heavy atom. The van der Waals surface area contributed by atoms with E-state index in [1.165, 1.54) is 12.1 Å². The number of hydrogen-bond acceptors (Lipinski definition) is 2. The first-order valence-corrected chi connectivity index (χ1v) is 3.93. The fraction of sp³-hybridized carbons (Fsp3) is 0.200. The molecule has 0 heterocycles. The van der Waals surface area contributed by atoms with Crippen LogP contribution in [0.5, 0.6) is 0 Å². The van der Waals surface area contributed by atoms with Crippen molar-refractivity contribution in [3.63, 3.8) is 0 Å². The second-order valence-corrected chi connectivity index (χ2v) is 2.85. The number of rotatable bonds is 3. The average Bonchev–Trinajstić information content (AvgIpc) is 2.17. The van der Waals surface area contributed by atoms with Crippen molar-refractivity contribution in [2.24, 2.45) is 0 Å². The van der Waals surface area contributed by atoms with Crippen molar-refractivity contribution in [1.82, 2.24) is 0 Å². The van der Waals surface area contributed by atoms with Gasteiger partial charge in [-0.3, -0.25) is 0 Å². The number of carbonyl (C=O) groups is 2. The second kappa shape index (κ2) is 3.85. The predicted octanol–water partition coefficient (Wildman–Crippen LogP) is 1.69. The van der Waals surface area contributed by atoms with Crippen LogP contribution in [0, 0.1) is 0 Å². The Bertz CT molecular complexity index is 313. The lowest BCUT2D eigenvalue weighted by Crippen LogP contribution is -1.98. The van der Waals surface area contributed by atoms with E-state index in [-0.39, 0.29) is 11.5 Å². The second-order valence-electron chi connectivity index (χ2n) is 2.85. The van der Waals surface area contributed by atoms with Crippen LogP contribution in [0.1, 0.15) is 28.8 Å². The fourth-order valence-electron chi connectivity index (χ4n) is 1.01. The Kier molecular flexibility index (Phi) is 2.80. The lowest BCUT2D eigenvalue weighted by molar-refractivity contribution is -0.108. The van der Waals surface area contributed by atoms with Crippen molar-refractivity contribution in [2.45, 2.75) is 12.8 Å². The summed E-state index contributed by atoms with van der Waals surface area (Å²) in [5.74, 6) is -1.13. The van der Waals surface area contributed by atoms with Gasteiger partial charge in [-0.2, -0.15) is 0 Å². The fourth-order valence-corrected chi connectivity index (χ4v) is 1.01. The predicted molar refractivity (Wildman–Crippen MR) is 47.9 cm³/mol. The molecule has 68 valence electrons. The van der Waals surface area contributed by atoms with E-state index < -0.39 is 5.97 Å². The summed E-state index contributed by atoms with van der Waals surface area (Å²) in [6.45, 7) is 1.77. The van der Waals surface area contributed by atoms with Crippen LogP contribution in [0.4, 0.5) is 0 Å². The molecule has 1 unspecified atom stereocenters. The summed E-state index contributed by atoms with van der Waals surface area (Å²) < 4.78 is 0. The Hall–Kier alpha value is -1.64. The van der Waals surface area contributed by atoms with Crippen LogP contribution in [0.15, 0.2) is 24.3 Å². The summed E-state index contributed by atoms with van der Waals surface area (Å²) in [6, 6.07) is 6.31. The van der Waals surface area contributed by atoms with Gasteiger partial charge in [-0.25, -0.2) is 4.79 Å². The molecule has 0 fully saturated rings. The molecule has 0 aliphatic rings. The number of hydrogen-bond donors (Lipinski definition) is 1. The van der Waals surface area contributed by atoms with Gasteiger partial charge >= 0.3 is 5.97 Å². The van der Waals surface area contributed by atoms with Crippen LogP contribution >= 0.6 is 0 Å². The van der Waals surface area contributed by atoms with Gasteiger partial charge < -0.3 is 9.90 Å². The monoisotopic (exact) mass is 178 g/mol. The smallest absolute Gasteiger partial charge is 0.335 e. The van der Waals surface area contributed by atoms with E-state index in [0.717, 1.165) is 11.8 Å². The molecule has 0 bridgehead atoms. The highest BCUT2D eigenvalue weighted by Crippen LogP contribution is 2.13. The van der Waals surface area contributed by atoms with Gasteiger partial charge in [-0.1, -0.05) is 19.1 Å². The van der Waals surface area contributed by atoms with E-state index in [2.05, 4.69) is 0 Å². The minimum absolute atomic E-state index is 0.178. The summed E-state index contributed by atoms with van der Waals surface area (Å²) in [7, 11) is 0. The van der Waals surface area contributed by atoms with Crippen molar-refractivity contribution in [3.05, 3.63) is 35.4 Å². The van der Waals surface area contributed by atoms with Crippen LogP contribution in [-0.2, 0) is 4.79 Å². The summed E-state index contributed by atoms with van der Waals surface area (Å²) in [6.07, 6.45) is 0.829. The molecule has 0 aliphatic carbocycles. The standard InChI is InChI=1S/C10H10O3/c1-7(6-11)8-2-4-9(5-3-8)10(12)13/h2-7H,1H3,(H,12,13). The lowest BCUT2D eigenvalue weighted by atomic mass is 10.0. The third-order valence-corrected chi connectivity index (χ3v) is 1.89. The Morgan fingerprint density at radius 2 is 1.92 bits per heavy atom. The van der Waals surface area contributed by atoms with E-state index in [0.29, 0.717) is 0 Å². The topological polar surface area (TPSA) is 54.4 Å². The molecule has 0 saturated heterocycles. The zero-order valence-electron chi connectivity index (χ0n) is 7.23. The van der Waals surface area contributed by atoms with Crippen LogP contribution in [0.25, 0.3) is 0 Å². The zero-order chi connectivity index (χ0) is 9.84. The maximum absolute atomic E-state index is 10.5. The van der Waals surface area contributed by atoms with Crippen molar-refractivity contribution >= 4 is 12.3 Å². The summed E-state index contributed by atoms with van der Waals surface area (Å²) in [5.41, 5.74) is 1.07. The first-order chi connectivity index (χ1) is 6.15. The van der Waals surface area contributed by atoms with Crippen LogP contribution < -0.4 is 0 Å². The highest BCUT2D eigenvalue weighted by Gasteiger charge is 2.05. The zero-order valence-corrected chi connectivity index (χ0v) is 7.23. The van der Waals surface area contributed by atoms with Gasteiger partial charge in [0.2, 0.25) is 0 Å². The first-order valence-electron chi connectivity index (χ1n) is 3.93. The molecule has 1 atom stereocenters. The third-order valence-electron chi connectivity index (χ3n) is 1.89. The molecule has 3 nitrogen and oxygen atoms in total. The van der Waals surface area contributed by atoms with Gasteiger partial charge in [-0.15, -0.1) is 0 Å². The Labute approximate surface area is 76.0 Å². The molecule has 0 saturated carbocycles. The van der Waals surface area contributed by atoms with Crippen LogP contribution in [-0.4, -0.2) is 17.4 Å². The van der Waals surface area contributed by atoms with Crippen LogP contribution in [0.2, 0.25) is 0 Å². The number of aromatic carboxylic acids is 1. The minimum Gasteiger partial charge on any atom is -0.478 e. The summed E-state index contributed by atoms with van der Waals surface area (Å²) in [4.78, 5) is 20.9. The van der Waals surface area contributed by atoms with Crippen molar-refractivity contribution in [2.75, 3.05) is 0 Å². The van der Waals surface area contributed by atoms with E-state index in [4.69, 9.17) is 5.11 Å². The molecule has 1 rings (SSSR count). The molecule has 1 aromatic rings. The molecule has 0 aliphatic heterocycles. The molecular weight excluding hydrogens is 168 g/mol. The number of carboxylic acids is 1. The molecule has 0 spiro atoms. The summed E-state index contributed by atoms with van der Waals surface area (Å²) in [5, 5.41) is 8.60. The van der Waals surface area contributed by atoms with Gasteiger partial charge in [-0.05, 0) is 17.7 Å². The molecular formula is C10H10O3. The summed E-state index contributed by atoms with van der Waals surface area (Å²) >= 11 is 0. The third kappa shape index (κ3) is 2.15. The first kappa shape index (κ1) is 9.45. The molecule has 0 amide bonds.